The van der Waals surface area contributed by atoms with Gasteiger partial charge in [-0.3, -0.25) is 14.5 Å². The molecule has 0 bridgehead atoms. The molecule has 3 aromatic carbocycles. The second-order valence-corrected chi connectivity index (χ2v) is 8.64. The first-order valence-corrected chi connectivity index (χ1v) is 11.3. The Kier molecular flexibility index (Phi) is 5.92. The molecule has 33 heavy (non-hydrogen) atoms. The molecule has 168 valence electrons. The molecule has 6 heteroatoms. The summed E-state index contributed by atoms with van der Waals surface area (Å²) in [4.78, 5) is 31.6. The van der Waals surface area contributed by atoms with Crippen molar-refractivity contribution in [2.24, 2.45) is 0 Å². The van der Waals surface area contributed by atoms with Crippen LogP contribution in [-0.4, -0.2) is 71.8 Å². The molecule has 2 amide bonds. The van der Waals surface area contributed by atoms with E-state index in [1.165, 1.54) is 12.1 Å². The highest BCUT2D eigenvalue weighted by molar-refractivity contribution is 5.95. The van der Waals surface area contributed by atoms with Gasteiger partial charge >= 0.3 is 0 Å². The highest BCUT2D eigenvalue weighted by Crippen LogP contribution is 2.23. The average Bonchev–Trinajstić information content (AvgIpc) is 2.84. The van der Waals surface area contributed by atoms with Gasteiger partial charge in [-0.05, 0) is 47.5 Å². The van der Waals surface area contributed by atoms with E-state index in [1.54, 1.807) is 12.1 Å². The average molecular weight is 444 g/mol. The quantitative estimate of drug-likeness (QED) is 0.617. The molecule has 2 aliphatic rings. The van der Waals surface area contributed by atoms with Crippen LogP contribution in [0.25, 0.3) is 11.1 Å². The maximum absolute atomic E-state index is 13.1. The van der Waals surface area contributed by atoms with Crippen molar-refractivity contribution in [3.8, 4) is 11.1 Å². The molecule has 0 saturated carbocycles. The third-order valence-corrected chi connectivity index (χ3v) is 6.60. The lowest BCUT2D eigenvalue weighted by molar-refractivity contribution is 0.00854. The van der Waals surface area contributed by atoms with Gasteiger partial charge in [0.15, 0.2) is 0 Å². The molecule has 0 unspecified atom stereocenters. The van der Waals surface area contributed by atoms with Gasteiger partial charge in [-0.15, -0.1) is 0 Å². The summed E-state index contributed by atoms with van der Waals surface area (Å²) < 4.78 is 13.1. The normalized spacial score (nSPS) is 17.0. The van der Waals surface area contributed by atoms with Gasteiger partial charge in [0, 0.05) is 56.4 Å². The van der Waals surface area contributed by atoms with Crippen LogP contribution < -0.4 is 0 Å². The van der Waals surface area contributed by atoms with Gasteiger partial charge in [-0.25, -0.2) is 4.39 Å². The van der Waals surface area contributed by atoms with Crippen LogP contribution in [0.1, 0.15) is 20.7 Å². The standard InChI is InChI=1S/C27H26FN3O2/c28-24-12-10-21(11-13-24)20-6-8-23(9-7-20)27(33)31-18-25(19-31)29-14-16-30(17-15-29)26(32)22-4-2-1-3-5-22/h1-13,25H,14-19H2. The number of amides is 2. The molecule has 5 rings (SSSR count). The molecule has 0 aromatic heterocycles. The lowest BCUT2D eigenvalue weighted by atomic mass is 10.0. The van der Waals surface area contributed by atoms with Crippen LogP contribution >= 0.6 is 0 Å². The summed E-state index contributed by atoms with van der Waals surface area (Å²) >= 11 is 0. The molecule has 2 heterocycles. The summed E-state index contributed by atoms with van der Waals surface area (Å²) in [6.07, 6.45) is 0. The second kappa shape index (κ2) is 9.16. The van der Waals surface area contributed by atoms with E-state index >= 15 is 0 Å². The first kappa shape index (κ1) is 21.3. The van der Waals surface area contributed by atoms with E-state index in [2.05, 4.69) is 4.90 Å². The predicted molar refractivity (Wildman–Crippen MR) is 125 cm³/mol. The Balaban J connectivity index is 1.12. The molecule has 0 N–H and O–H groups in total. The summed E-state index contributed by atoms with van der Waals surface area (Å²) in [5, 5.41) is 0. The SMILES string of the molecule is O=C(c1ccccc1)N1CCN(C2CN(C(=O)c3ccc(-c4ccc(F)cc4)cc3)C2)CC1. The number of carbonyl (C=O) groups excluding carboxylic acids is 2. The lowest BCUT2D eigenvalue weighted by Gasteiger charge is -2.48. The van der Waals surface area contributed by atoms with Crippen LogP contribution in [0, 0.1) is 5.82 Å². The summed E-state index contributed by atoms with van der Waals surface area (Å²) in [6.45, 7) is 4.51. The summed E-state index contributed by atoms with van der Waals surface area (Å²) in [5.41, 5.74) is 3.27. The largest absolute Gasteiger partial charge is 0.336 e. The van der Waals surface area contributed by atoms with Crippen LogP contribution in [-0.2, 0) is 0 Å². The number of carbonyl (C=O) groups is 2. The van der Waals surface area contributed by atoms with Gasteiger partial charge in [-0.1, -0.05) is 42.5 Å². The molecular formula is C27H26FN3O2. The lowest BCUT2D eigenvalue weighted by Crippen LogP contribution is -2.64. The molecule has 2 fully saturated rings. The minimum Gasteiger partial charge on any atom is -0.336 e. The van der Waals surface area contributed by atoms with Gasteiger partial charge in [0.05, 0.1) is 0 Å². The van der Waals surface area contributed by atoms with E-state index in [0.717, 1.165) is 29.8 Å². The van der Waals surface area contributed by atoms with E-state index in [-0.39, 0.29) is 17.6 Å². The molecule has 0 radical (unpaired) electrons. The van der Waals surface area contributed by atoms with Crippen molar-refractivity contribution in [2.45, 2.75) is 6.04 Å². The van der Waals surface area contributed by atoms with Crippen LogP contribution in [0.15, 0.2) is 78.9 Å². The molecule has 5 nitrogen and oxygen atoms in total. The molecule has 0 atom stereocenters. The third kappa shape index (κ3) is 4.52. The van der Waals surface area contributed by atoms with Crippen molar-refractivity contribution < 1.29 is 14.0 Å². The smallest absolute Gasteiger partial charge is 0.253 e. The zero-order chi connectivity index (χ0) is 22.8. The number of likely N-dealkylation sites (tertiary alicyclic amines) is 1. The molecule has 3 aromatic rings. The monoisotopic (exact) mass is 443 g/mol. The van der Waals surface area contributed by atoms with Crippen LogP contribution in [0.3, 0.4) is 0 Å². The Morgan fingerprint density at radius 2 is 1.15 bits per heavy atom. The highest BCUT2D eigenvalue weighted by atomic mass is 19.1. The maximum Gasteiger partial charge on any atom is 0.253 e. The van der Waals surface area contributed by atoms with E-state index in [0.29, 0.717) is 37.8 Å². The van der Waals surface area contributed by atoms with Crippen LogP contribution in [0.5, 0.6) is 0 Å². The Hall–Kier alpha value is -3.51. The van der Waals surface area contributed by atoms with Gasteiger partial charge in [0.1, 0.15) is 5.82 Å². The van der Waals surface area contributed by atoms with E-state index in [9.17, 15) is 14.0 Å². The maximum atomic E-state index is 13.1. The first-order chi connectivity index (χ1) is 16.1. The summed E-state index contributed by atoms with van der Waals surface area (Å²) in [5.74, 6) is -0.137. The van der Waals surface area contributed by atoms with E-state index in [4.69, 9.17) is 0 Å². The zero-order valence-corrected chi connectivity index (χ0v) is 18.4. The fraction of sp³-hybridized carbons (Fsp3) is 0.259. The van der Waals surface area contributed by atoms with Gasteiger partial charge in [0.2, 0.25) is 0 Å². The fourth-order valence-corrected chi connectivity index (χ4v) is 4.54. The second-order valence-electron chi connectivity index (χ2n) is 8.64. The Bertz CT molecular complexity index is 1120. The molecular weight excluding hydrogens is 417 g/mol. The van der Waals surface area contributed by atoms with Crippen molar-refractivity contribution >= 4 is 11.8 Å². The van der Waals surface area contributed by atoms with Gasteiger partial charge < -0.3 is 9.80 Å². The topological polar surface area (TPSA) is 43.9 Å². The Morgan fingerprint density at radius 1 is 0.636 bits per heavy atom. The van der Waals surface area contributed by atoms with E-state index in [1.807, 2.05) is 64.4 Å². The molecule has 0 aliphatic carbocycles. The van der Waals surface area contributed by atoms with Gasteiger partial charge in [0.25, 0.3) is 11.8 Å². The molecule has 2 saturated heterocycles. The first-order valence-electron chi connectivity index (χ1n) is 11.3. The number of piperazine rings is 1. The van der Waals surface area contributed by atoms with Crippen LogP contribution in [0.2, 0.25) is 0 Å². The molecule has 2 aliphatic heterocycles. The predicted octanol–water partition coefficient (Wildman–Crippen LogP) is 3.78. The highest BCUT2D eigenvalue weighted by Gasteiger charge is 2.36. The summed E-state index contributed by atoms with van der Waals surface area (Å²) in [7, 11) is 0. The molecule has 0 spiro atoms. The van der Waals surface area contributed by atoms with Gasteiger partial charge in [-0.2, -0.15) is 0 Å². The van der Waals surface area contributed by atoms with E-state index < -0.39 is 0 Å². The van der Waals surface area contributed by atoms with Crippen LogP contribution in [0.4, 0.5) is 4.39 Å². The number of hydrogen-bond acceptors (Lipinski definition) is 3. The van der Waals surface area contributed by atoms with Crippen molar-refractivity contribution in [3.05, 3.63) is 95.8 Å². The van der Waals surface area contributed by atoms with Crippen molar-refractivity contribution in [3.63, 3.8) is 0 Å². The number of hydrogen-bond donors (Lipinski definition) is 0. The zero-order valence-electron chi connectivity index (χ0n) is 18.4. The Labute approximate surface area is 193 Å². The third-order valence-electron chi connectivity index (χ3n) is 6.60. The number of rotatable bonds is 4. The van der Waals surface area contributed by atoms with Crippen molar-refractivity contribution in [2.75, 3.05) is 39.3 Å². The minimum absolute atomic E-state index is 0.0368. The number of halogens is 1. The number of benzene rings is 3. The fourth-order valence-electron chi connectivity index (χ4n) is 4.54. The van der Waals surface area contributed by atoms with Crippen molar-refractivity contribution in [1.82, 2.24) is 14.7 Å². The van der Waals surface area contributed by atoms with Crippen molar-refractivity contribution in [1.29, 1.82) is 0 Å². The Morgan fingerprint density at radius 3 is 1.76 bits per heavy atom. The number of nitrogens with zero attached hydrogens (tertiary/aromatic N) is 3. The summed E-state index contributed by atoms with van der Waals surface area (Å²) in [6, 6.07) is 23.6. The minimum atomic E-state index is -0.262.